The summed E-state index contributed by atoms with van der Waals surface area (Å²) in [5.74, 6) is -0.814. The fourth-order valence-electron chi connectivity index (χ4n) is 2.94. The van der Waals surface area contributed by atoms with E-state index in [9.17, 15) is 9.59 Å². The van der Waals surface area contributed by atoms with Gasteiger partial charge in [0.1, 0.15) is 0 Å². The highest BCUT2D eigenvalue weighted by molar-refractivity contribution is 5.98. The van der Waals surface area contributed by atoms with E-state index in [1.54, 1.807) is 6.20 Å². The van der Waals surface area contributed by atoms with Gasteiger partial charge < -0.3 is 10.4 Å². The average molecular weight is 368 g/mol. The Balaban J connectivity index is 2.45. The third kappa shape index (κ3) is 5.39. The van der Waals surface area contributed by atoms with E-state index in [0.29, 0.717) is 6.42 Å². The van der Waals surface area contributed by atoms with Gasteiger partial charge in [-0.1, -0.05) is 52.0 Å². The Morgan fingerprint density at radius 2 is 1.78 bits per heavy atom. The summed E-state index contributed by atoms with van der Waals surface area (Å²) in [6, 6.07) is 11.5. The Bertz CT molecular complexity index is 809. The van der Waals surface area contributed by atoms with Gasteiger partial charge in [0.15, 0.2) is 0 Å². The van der Waals surface area contributed by atoms with Gasteiger partial charge in [-0.3, -0.25) is 14.6 Å². The van der Waals surface area contributed by atoms with Crippen LogP contribution in [0, 0.1) is 5.41 Å². The van der Waals surface area contributed by atoms with Crippen LogP contribution in [-0.4, -0.2) is 22.0 Å². The van der Waals surface area contributed by atoms with Gasteiger partial charge in [0, 0.05) is 40.8 Å². The molecule has 5 nitrogen and oxygen atoms in total. The molecule has 0 aliphatic heterocycles. The minimum atomic E-state index is -0.802. The van der Waals surface area contributed by atoms with Crippen molar-refractivity contribution in [2.24, 2.45) is 5.41 Å². The van der Waals surface area contributed by atoms with Crippen LogP contribution in [0.25, 0.3) is 11.1 Å². The maximum atomic E-state index is 12.5. The lowest BCUT2D eigenvalue weighted by Crippen LogP contribution is -2.27. The van der Waals surface area contributed by atoms with Crippen LogP contribution in [0.1, 0.15) is 58.6 Å². The van der Waals surface area contributed by atoms with Gasteiger partial charge in [-0.2, -0.15) is 0 Å². The smallest absolute Gasteiger partial charge is 0.303 e. The van der Waals surface area contributed by atoms with E-state index in [0.717, 1.165) is 28.9 Å². The Kier molecular flexibility index (Phi) is 6.72. The van der Waals surface area contributed by atoms with E-state index < -0.39 is 11.4 Å². The zero-order chi connectivity index (χ0) is 20.0. The number of carbonyl (C=O) groups is 2. The SMILES string of the molecule is CCC(CCC(=O)O)c1ncccc1-c1ccccc1NC(=O)C(C)(C)C. The molecule has 144 valence electrons. The molecule has 2 N–H and O–H groups in total. The quantitative estimate of drug-likeness (QED) is 0.713. The molecule has 2 rings (SSSR count). The number of nitrogens with one attached hydrogen (secondary N) is 1. The molecular weight excluding hydrogens is 340 g/mol. The molecule has 1 aromatic carbocycles. The first-order chi connectivity index (χ1) is 12.7. The number of hydrogen-bond donors (Lipinski definition) is 2. The van der Waals surface area contributed by atoms with E-state index in [2.05, 4.69) is 10.3 Å². The average Bonchev–Trinajstić information content (AvgIpc) is 2.62. The summed E-state index contributed by atoms with van der Waals surface area (Å²) in [5, 5.41) is 12.1. The fraction of sp³-hybridized carbons (Fsp3) is 0.409. The van der Waals surface area contributed by atoms with Crippen molar-refractivity contribution in [2.45, 2.75) is 52.9 Å². The monoisotopic (exact) mass is 368 g/mol. The number of hydrogen-bond acceptors (Lipinski definition) is 3. The second kappa shape index (κ2) is 8.80. The molecule has 0 spiro atoms. The number of aromatic nitrogens is 1. The molecule has 1 atom stereocenters. The summed E-state index contributed by atoms with van der Waals surface area (Å²) in [7, 11) is 0. The lowest BCUT2D eigenvalue weighted by atomic mass is 9.89. The van der Waals surface area contributed by atoms with Crippen molar-refractivity contribution in [2.75, 3.05) is 5.32 Å². The predicted molar refractivity (Wildman–Crippen MR) is 108 cm³/mol. The molecular formula is C22H28N2O3. The van der Waals surface area contributed by atoms with Crippen LogP contribution < -0.4 is 5.32 Å². The highest BCUT2D eigenvalue weighted by Crippen LogP contribution is 2.36. The molecule has 0 aliphatic rings. The van der Waals surface area contributed by atoms with Gasteiger partial charge >= 0.3 is 5.97 Å². The lowest BCUT2D eigenvalue weighted by Gasteiger charge is -2.22. The van der Waals surface area contributed by atoms with Crippen molar-refractivity contribution in [3.63, 3.8) is 0 Å². The minimum Gasteiger partial charge on any atom is -0.481 e. The third-order valence-electron chi connectivity index (χ3n) is 4.57. The van der Waals surface area contributed by atoms with Crippen molar-refractivity contribution in [3.05, 3.63) is 48.3 Å². The molecule has 0 saturated heterocycles. The summed E-state index contributed by atoms with van der Waals surface area (Å²) in [5.41, 5.74) is 2.93. The van der Waals surface area contributed by atoms with Gasteiger partial charge in [-0.25, -0.2) is 0 Å². The van der Waals surface area contributed by atoms with Crippen molar-refractivity contribution in [1.29, 1.82) is 0 Å². The molecule has 0 aliphatic carbocycles. The van der Waals surface area contributed by atoms with Crippen molar-refractivity contribution >= 4 is 17.6 Å². The number of nitrogens with zero attached hydrogens (tertiary/aromatic N) is 1. The second-order valence-corrected chi connectivity index (χ2v) is 7.72. The maximum Gasteiger partial charge on any atom is 0.303 e. The van der Waals surface area contributed by atoms with Crippen molar-refractivity contribution in [3.8, 4) is 11.1 Å². The van der Waals surface area contributed by atoms with Crippen LogP contribution in [0.2, 0.25) is 0 Å². The van der Waals surface area contributed by atoms with Gasteiger partial charge in [0.25, 0.3) is 0 Å². The number of amides is 1. The molecule has 0 fully saturated rings. The molecule has 1 aromatic heterocycles. The fourth-order valence-corrected chi connectivity index (χ4v) is 2.94. The molecule has 27 heavy (non-hydrogen) atoms. The van der Waals surface area contributed by atoms with E-state index in [4.69, 9.17) is 5.11 Å². The molecule has 1 unspecified atom stereocenters. The van der Waals surface area contributed by atoms with Gasteiger partial charge in [-0.05, 0) is 25.0 Å². The van der Waals surface area contributed by atoms with Gasteiger partial charge in [-0.15, -0.1) is 0 Å². The number of rotatable bonds is 7. The predicted octanol–water partition coefficient (Wildman–Crippen LogP) is 5.09. The molecule has 5 heteroatoms. The normalized spacial score (nSPS) is 12.4. The summed E-state index contributed by atoms with van der Waals surface area (Å²) in [6.45, 7) is 7.66. The number of carboxylic acids is 1. The number of carboxylic acid groups (broad SMARTS) is 1. The molecule has 0 saturated carbocycles. The van der Waals surface area contributed by atoms with E-state index in [-0.39, 0.29) is 18.2 Å². The molecule has 1 amide bonds. The van der Waals surface area contributed by atoms with E-state index in [1.165, 1.54) is 0 Å². The third-order valence-corrected chi connectivity index (χ3v) is 4.57. The van der Waals surface area contributed by atoms with Crippen LogP contribution in [-0.2, 0) is 9.59 Å². The van der Waals surface area contributed by atoms with Gasteiger partial charge in [0.05, 0.1) is 5.69 Å². The number of pyridine rings is 1. The highest BCUT2D eigenvalue weighted by atomic mass is 16.4. The van der Waals surface area contributed by atoms with Crippen LogP contribution >= 0.6 is 0 Å². The Morgan fingerprint density at radius 1 is 1.11 bits per heavy atom. The summed E-state index contributed by atoms with van der Waals surface area (Å²) in [4.78, 5) is 28.1. The highest BCUT2D eigenvalue weighted by Gasteiger charge is 2.23. The number of aliphatic carboxylic acids is 1. The van der Waals surface area contributed by atoms with Gasteiger partial charge in [0.2, 0.25) is 5.91 Å². The zero-order valence-electron chi connectivity index (χ0n) is 16.5. The molecule has 0 radical (unpaired) electrons. The first kappa shape index (κ1) is 20.6. The Hall–Kier alpha value is -2.69. The topological polar surface area (TPSA) is 79.3 Å². The van der Waals surface area contributed by atoms with E-state index >= 15 is 0 Å². The lowest BCUT2D eigenvalue weighted by molar-refractivity contribution is -0.137. The first-order valence-corrected chi connectivity index (χ1v) is 9.31. The van der Waals surface area contributed by atoms with Crippen LogP contribution in [0.15, 0.2) is 42.6 Å². The van der Waals surface area contributed by atoms with E-state index in [1.807, 2.05) is 64.1 Å². The van der Waals surface area contributed by atoms with Crippen LogP contribution in [0.5, 0.6) is 0 Å². The summed E-state index contributed by atoms with van der Waals surface area (Å²) in [6.07, 6.45) is 3.18. The summed E-state index contributed by atoms with van der Waals surface area (Å²) >= 11 is 0. The number of anilines is 1. The Labute approximate surface area is 160 Å². The number of benzene rings is 1. The molecule has 2 aromatic rings. The van der Waals surface area contributed by atoms with Crippen LogP contribution in [0.3, 0.4) is 0 Å². The molecule has 1 heterocycles. The maximum absolute atomic E-state index is 12.5. The first-order valence-electron chi connectivity index (χ1n) is 9.31. The second-order valence-electron chi connectivity index (χ2n) is 7.72. The standard InChI is InChI=1S/C22H28N2O3/c1-5-15(12-13-19(25)26)20-17(10-8-14-23-20)16-9-6-7-11-18(16)24-21(27)22(2,3)4/h6-11,14-15H,5,12-13H2,1-4H3,(H,24,27)(H,25,26). The number of para-hydroxylation sites is 1. The van der Waals surface area contributed by atoms with Crippen molar-refractivity contribution < 1.29 is 14.7 Å². The van der Waals surface area contributed by atoms with Crippen molar-refractivity contribution in [1.82, 2.24) is 4.98 Å². The summed E-state index contributed by atoms with van der Waals surface area (Å²) < 4.78 is 0. The zero-order valence-corrected chi connectivity index (χ0v) is 16.5. The van der Waals surface area contributed by atoms with Crippen LogP contribution in [0.4, 0.5) is 5.69 Å². The molecule has 0 bridgehead atoms. The minimum absolute atomic E-state index is 0.0451. The number of carbonyl (C=O) groups excluding carboxylic acids is 1. The Morgan fingerprint density at radius 3 is 2.41 bits per heavy atom. The largest absolute Gasteiger partial charge is 0.481 e.